The van der Waals surface area contributed by atoms with Crippen LogP contribution < -0.4 is 0 Å². The summed E-state index contributed by atoms with van der Waals surface area (Å²) in [7, 11) is 0. The van der Waals surface area contributed by atoms with E-state index in [1.54, 1.807) is 0 Å². The lowest BCUT2D eigenvalue weighted by Gasteiger charge is -2.40. The minimum atomic E-state index is -1.91. The van der Waals surface area contributed by atoms with Crippen molar-refractivity contribution in [1.82, 2.24) is 0 Å². The van der Waals surface area contributed by atoms with E-state index >= 15 is 0 Å². The molecule has 6 atom stereocenters. The van der Waals surface area contributed by atoms with Crippen LogP contribution in [0.2, 0.25) is 0 Å². The summed E-state index contributed by atoms with van der Waals surface area (Å²) >= 11 is 0. The molecule has 79 heavy (non-hydrogen) atoms. The molecule has 0 aromatic heterocycles. The Balaban J connectivity index is 2.66. The van der Waals surface area contributed by atoms with E-state index in [2.05, 4.69) is 93.7 Å². The highest BCUT2D eigenvalue weighted by Crippen LogP contribution is 2.27. The fraction of sp³-hybridized carbons (Fsp3) is 0.761. The van der Waals surface area contributed by atoms with Gasteiger partial charge in [-0.15, -0.1) is 0 Å². The van der Waals surface area contributed by atoms with Crippen molar-refractivity contribution in [1.29, 1.82) is 0 Å². The maximum Gasteiger partial charge on any atom is 0.335 e. The molecule has 1 rings (SSSR count). The fourth-order valence-corrected chi connectivity index (χ4v) is 9.46. The number of carboxylic acids is 1. The third-order valence-electron chi connectivity index (χ3n) is 14.3. The van der Waals surface area contributed by atoms with Crippen molar-refractivity contribution < 1.29 is 58.2 Å². The number of ether oxygens (including phenoxy) is 5. The van der Waals surface area contributed by atoms with Crippen molar-refractivity contribution in [2.75, 3.05) is 13.2 Å². The van der Waals surface area contributed by atoms with Crippen molar-refractivity contribution in [3.8, 4) is 0 Å². The summed E-state index contributed by atoms with van der Waals surface area (Å²) in [6, 6.07) is 0. The minimum absolute atomic E-state index is 0.0586. The molecule has 454 valence electrons. The van der Waals surface area contributed by atoms with Crippen LogP contribution in [-0.4, -0.2) is 89.2 Å². The van der Waals surface area contributed by atoms with E-state index in [-0.39, 0.29) is 25.9 Å². The van der Waals surface area contributed by atoms with Gasteiger partial charge in [-0.2, -0.15) is 0 Å². The van der Waals surface area contributed by atoms with Crippen LogP contribution in [0.4, 0.5) is 0 Å². The number of allylic oxidation sites excluding steroid dienone is 12. The molecule has 1 aliphatic heterocycles. The first-order chi connectivity index (χ1) is 38.6. The third kappa shape index (κ3) is 44.5. The van der Waals surface area contributed by atoms with Gasteiger partial charge < -0.3 is 39.0 Å². The average molecular weight is 1110 g/mol. The summed E-state index contributed by atoms with van der Waals surface area (Å²) in [5.74, 6) is -3.15. The summed E-state index contributed by atoms with van der Waals surface area (Å²) in [4.78, 5) is 51.3. The number of hydrogen-bond donors (Lipinski definition) is 3. The topological polar surface area (TPSA) is 175 Å². The molecular weight excluding hydrogens is 997 g/mol. The normalized spacial score (nSPS) is 18.3. The number of aliphatic hydroxyl groups excluding tert-OH is 2. The largest absolute Gasteiger partial charge is 0.479 e. The summed E-state index contributed by atoms with van der Waals surface area (Å²) in [6.07, 6.45) is 57.2. The number of rotatable bonds is 54. The van der Waals surface area contributed by atoms with Crippen molar-refractivity contribution >= 4 is 23.9 Å². The van der Waals surface area contributed by atoms with Gasteiger partial charge in [-0.1, -0.05) is 248 Å². The number of esters is 3. The highest BCUT2D eigenvalue weighted by atomic mass is 16.7. The van der Waals surface area contributed by atoms with Gasteiger partial charge in [0, 0.05) is 19.3 Å². The van der Waals surface area contributed by atoms with E-state index in [1.165, 1.54) is 89.9 Å². The molecule has 3 N–H and O–H groups in total. The number of unbranched alkanes of at least 4 members (excludes halogenated alkanes) is 28. The monoisotopic (exact) mass is 1110 g/mol. The molecule has 0 aromatic carbocycles. The van der Waals surface area contributed by atoms with Crippen molar-refractivity contribution in [3.63, 3.8) is 0 Å². The van der Waals surface area contributed by atoms with Crippen LogP contribution >= 0.6 is 0 Å². The minimum Gasteiger partial charge on any atom is -0.479 e. The summed E-state index contributed by atoms with van der Waals surface area (Å²) in [5, 5.41) is 31.6. The quantitative estimate of drug-likeness (QED) is 0.0228. The SMILES string of the molecule is CC/C=C\C/C=C\C/C=C\CCCCCCCC(=O)OCC(COC1OC(C(=O)O)C(O)C(O)C1OC(=O)CCCCCCCCCCCCCCCCCCCCC)OC(=O)CCCCCCC/C=C\C/C=C\C/C=C\CC. The molecule has 12 nitrogen and oxygen atoms in total. The molecule has 1 saturated heterocycles. The van der Waals surface area contributed by atoms with Gasteiger partial charge in [0.15, 0.2) is 24.6 Å². The lowest BCUT2D eigenvalue weighted by molar-refractivity contribution is -0.301. The van der Waals surface area contributed by atoms with E-state index in [9.17, 15) is 34.5 Å². The molecule has 6 unspecified atom stereocenters. The zero-order chi connectivity index (χ0) is 57.5. The molecule has 0 radical (unpaired) electrons. The Morgan fingerprint density at radius 1 is 0.430 bits per heavy atom. The number of aliphatic hydroxyl groups is 2. The van der Waals surface area contributed by atoms with Gasteiger partial charge in [0.1, 0.15) is 18.8 Å². The van der Waals surface area contributed by atoms with Gasteiger partial charge >= 0.3 is 23.9 Å². The zero-order valence-corrected chi connectivity index (χ0v) is 50.1. The lowest BCUT2D eigenvalue weighted by Crippen LogP contribution is -2.61. The molecule has 0 aromatic rings. The molecule has 1 aliphatic rings. The summed E-state index contributed by atoms with van der Waals surface area (Å²) < 4.78 is 28.5. The second-order valence-electron chi connectivity index (χ2n) is 21.6. The smallest absolute Gasteiger partial charge is 0.335 e. The van der Waals surface area contributed by atoms with Gasteiger partial charge in [0.25, 0.3) is 0 Å². The van der Waals surface area contributed by atoms with Crippen molar-refractivity contribution in [2.45, 2.75) is 314 Å². The van der Waals surface area contributed by atoms with Crippen LogP contribution in [0.15, 0.2) is 72.9 Å². The van der Waals surface area contributed by atoms with E-state index in [0.29, 0.717) is 19.3 Å². The van der Waals surface area contributed by atoms with E-state index in [1.807, 2.05) is 0 Å². The first-order valence-electron chi connectivity index (χ1n) is 31.9. The van der Waals surface area contributed by atoms with E-state index in [0.717, 1.165) is 128 Å². The Bertz CT molecular complexity index is 1650. The number of aliphatic carboxylic acids is 1. The molecule has 12 heteroatoms. The second-order valence-corrected chi connectivity index (χ2v) is 21.6. The Morgan fingerprint density at radius 3 is 1.22 bits per heavy atom. The van der Waals surface area contributed by atoms with Gasteiger partial charge in [0.05, 0.1) is 6.61 Å². The van der Waals surface area contributed by atoms with Gasteiger partial charge in [-0.25, -0.2) is 4.79 Å². The number of carbonyl (C=O) groups is 4. The maximum atomic E-state index is 13.2. The molecule has 1 fully saturated rings. The number of hydrogen-bond acceptors (Lipinski definition) is 11. The standard InChI is InChI=1S/C67H114O12/c1-4-7-10-13-16-19-22-25-28-29-30-31-34-37-40-43-46-49-52-55-61(70)78-65-63(72)62(71)64(66(73)74)79-67(65)76-57-58(77-60(69)54-51-48-45-42-39-36-33-27-24-21-18-15-12-9-6-3)56-75-59(68)53-50-47-44-41-38-35-32-26-23-20-17-14-11-8-5-2/h8-9,11-12,17-18,20-21,26-27,32-33,58,62-65,67,71-72H,4-7,10,13-16,19,22-25,28-31,34-57H2,1-3H3,(H,73,74)/b11-8-,12-9-,20-17-,21-18-,32-26-,33-27-. The second kappa shape index (κ2) is 54.7. The van der Waals surface area contributed by atoms with Crippen LogP contribution in [0, 0.1) is 0 Å². The summed E-state index contributed by atoms with van der Waals surface area (Å²) in [5.41, 5.74) is 0. The van der Waals surface area contributed by atoms with Crippen LogP contribution in [0.1, 0.15) is 278 Å². The molecule has 0 aliphatic carbocycles. The average Bonchev–Trinajstić information content (AvgIpc) is 3.46. The predicted octanol–water partition coefficient (Wildman–Crippen LogP) is 16.9. The highest BCUT2D eigenvalue weighted by molar-refractivity contribution is 5.74. The van der Waals surface area contributed by atoms with Gasteiger partial charge in [-0.3, -0.25) is 14.4 Å². The first kappa shape index (κ1) is 73.2. The molecule has 0 spiro atoms. The van der Waals surface area contributed by atoms with Gasteiger partial charge in [0.2, 0.25) is 0 Å². The zero-order valence-electron chi connectivity index (χ0n) is 50.1. The van der Waals surface area contributed by atoms with E-state index in [4.69, 9.17) is 23.7 Å². The van der Waals surface area contributed by atoms with Gasteiger partial charge in [-0.05, 0) is 83.5 Å². The molecule has 1 heterocycles. The van der Waals surface area contributed by atoms with E-state index < -0.39 is 67.3 Å². The van der Waals surface area contributed by atoms with Crippen LogP contribution in [0.3, 0.4) is 0 Å². The van der Waals surface area contributed by atoms with Crippen LogP contribution in [0.25, 0.3) is 0 Å². The first-order valence-corrected chi connectivity index (χ1v) is 31.9. The Morgan fingerprint density at radius 2 is 0.797 bits per heavy atom. The molecular formula is C67H114O12. The summed E-state index contributed by atoms with van der Waals surface area (Å²) in [6.45, 7) is 5.77. The van der Waals surface area contributed by atoms with Crippen LogP contribution in [-0.2, 0) is 42.9 Å². The Labute approximate surface area is 480 Å². The Hall–Kier alpha value is -3.84. The fourth-order valence-electron chi connectivity index (χ4n) is 9.46. The predicted molar refractivity (Wildman–Crippen MR) is 322 cm³/mol. The number of carbonyl (C=O) groups excluding carboxylic acids is 3. The van der Waals surface area contributed by atoms with Crippen molar-refractivity contribution in [3.05, 3.63) is 72.9 Å². The third-order valence-corrected chi connectivity index (χ3v) is 14.3. The van der Waals surface area contributed by atoms with Crippen LogP contribution in [0.5, 0.6) is 0 Å². The molecule has 0 bridgehead atoms. The van der Waals surface area contributed by atoms with Crippen molar-refractivity contribution in [2.24, 2.45) is 0 Å². The lowest BCUT2D eigenvalue weighted by atomic mass is 9.98. The highest BCUT2D eigenvalue weighted by Gasteiger charge is 2.50. The number of carboxylic acid groups (broad SMARTS) is 1. The Kier molecular flexibility index (Phi) is 50.7. The molecule has 0 amide bonds. The molecule has 0 saturated carbocycles. The maximum absolute atomic E-state index is 13.2.